The van der Waals surface area contributed by atoms with E-state index in [2.05, 4.69) is 14.9 Å². The quantitative estimate of drug-likeness (QED) is 0.595. The lowest BCUT2D eigenvalue weighted by molar-refractivity contribution is -0.142. The van der Waals surface area contributed by atoms with Crippen molar-refractivity contribution in [1.29, 1.82) is 0 Å². The Bertz CT molecular complexity index is 245. The van der Waals surface area contributed by atoms with Gasteiger partial charge in [-0.3, -0.25) is 9.89 Å². The molecular weight excluding hydrogens is 158 g/mol. The summed E-state index contributed by atoms with van der Waals surface area (Å²) >= 11 is 0. The van der Waals surface area contributed by atoms with E-state index in [-0.39, 0.29) is 0 Å². The van der Waals surface area contributed by atoms with Gasteiger partial charge in [-0.05, 0) is 6.07 Å². The van der Waals surface area contributed by atoms with Crippen LogP contribution in [0.5, 0.6) is 0 Å². The van der Waals surface area contributed by atoms with Gasteiger partial charge in [0.2, 0.25) is 0 Å². The second-order valence-corrected chi connectivity index (χ2v) is 2.40. The lowest BCUT2D eigenvalue weighted by atomic mass is 10.2. The summed E-state index contributed by atoms with van der Waals surface area (Å²) < 4.78 is 4.46. The first-order valence-corrected chi connectivity index (χ1v) is 3.56. The maximum Gasteiger partial charge on any atom is 0.323 e. The van der Waals surface area contributed by atoms with Gasteiger partial charge in [-0.15, -0.1) is 0 Å². The SMILES string of the molecule is COC(=O)[C@@H](N)Cc1cc[nH]n1. The van der Waals surface area contributed by atoms with Gasteiger partial charge in [0.15, 0.2) is 0 Å². The largest absolute Gasteiger partial charge is 0.468 e. The van der Waals surface area contributed by atoms with E-state index >= 15 is 0 Å². The summed E-state index contributed by atoms with van der Waals surface area (Å²) in [6, 6.07) is 1.14. The number of carbonyl (C=O) groups excluding carboxylic acids is 1. The fourth-order valence-corrected chi connectivity index (χ4v) is 0.865. The fraction of sp³-hybridized carbons (Fsp3) is 0.429. The third-order valence-electron chi connectivity index (χ3n) is 1.49. The number of hydrogen-bond acceptors (Lipinski definition) is 4. The molecule has 66 valence electrons. The van der Waals surface area contributed by atoms with Crippen LogP contribution in [-0.2, 0) is 16.0 Å². The van der Waals surface area contributed by atoms with E-state index in [1.54, 1.807) is 12.3 Å². The topological polar surface area (TPSA) is 81.0 Å². The minimum absolute atomic E-state index is 0.399. The minimum atomic E-state index is -0.627. The van der Waals surface area contributed by atoms with Gasteiger partial charge in [-0.25, -0.2) is 0 Å². The lowest BCUT2D eigenvalue weighted by Gasteiger charge is -2.05. The van der Waals surface area contributed by atoms with Crippen molar-refractivity contribution in [2.75, 3.05) is 7.11 Å². The molecule has 0 aliphatic heterocycles. The molecule has 1 aromatic heterocycles. The molecule has 1 aromatic rings. The molecule has 0 aliphatic rings. The van der Waals surface area contributed by atoms with Crippen molar-refractivity contribution in [2.24, 2.45) is 5.73 Å². The van der Waals surface area contributed by atoms with Gasteiger partial charge in [0.1, 0.15) is 6.04 Å². The predicted octanol–water partition coefficient (Wildman–Crippen LogP) is -0.548. The number of methoxy groups -OCH3 is 1. The molecule has 0 aliphatic carbocycles. The molecule has 1 atom stereocenters. The smallest absolute Gasteiger partial charge is 0.323 e. The number of esters is 1. The van der Waals surface area contributed by atoms with Crippen molar-refractivity contribution < 1.29 is 9.53 Å². The van der Waals surface area contributed by atoms with Gasteiger partial charge < -0.3 is 10.5 Å². The normalized spacial score (nSPS) is 12.5. The van der Waals surface area contributed by atoms with Crippen LogP contribution in [0.3, 0.4) is 0 Å². The Morgan fingerprint density at radius 1 is 1.92 bits per heavy atom. The number of hydrogen-bond donors (Lipinski definition) is 2. The summed E-state index contributed by atoms with van der Waals surface area (Å²) in [5.74, 6) is -0.419. The van der Waals surface area contributed by atoms with Gasteiger partial charge in [0.05, 0.1) is 12.8 Å². The first-order valence-electron chi connectivity index (χ1n) is 3.56. The molecule has 0 bridgehead atoms. The Balaban J connectivity index is 2.47. The summed E-state index contributed by atoms with van der Waals surface area (Å²) in [4.78, 5) is 10.9. The highest BCUT2D eigenvalue weighted by Gasteiger charge is 2.14. The number of nitrogens with one attached hydrogen (secondary N) is 1. The number of aromatic nitrogens is 2. The molecule has 0 amide bonds. The minimum Gasteiger partial charge on any atom is -0.468 e. The van der Waals surface area contributed by atoms with Crippen LogP contribution in [0.2, 0.25) is 0 Å². The Kier molecular flexibility index (Phi) is 2.82. The van der Waals surface area contributed by atoms with Gasteiger partial charge in [0.25, 0.3) is 0 Å². The first kappa shape index (κ1) is 8.73. The summed E-state index contributed by atoms with van der Waals surface area (Å²) in [5, 5.41) is 6.49. The number of ether oxygens (including phenoxy) is 1. The highest BCUT2D eigenvalue weighted by Crippen LogP contribution is 1.97. The number of aromatic amines is 1. The molecule has 12 heavy (non-hydrogen) atoms. The summed E-state index contributed by atoms with van der Waals surface area (Å²) in [5.41, 5.74) is 6.25. The van der Waals surface area contributed by atoms with E-state index in [4.69, 9.17) is 5.73 Å². The Hall–Kier alpha value is -1.36. The molecule has 0 unspecified atom stereocenters. The standard InChI is InChI=1S/C7H11N3O2/c1-12-7(11)6(8)4-5-2-3-9-10-5/h2-3,6H,4,8H2,1H3,(H,9,10)/t6-/m0/s1. The zero-order valence-electron chi connectivity index (χ0n) is 6.78. The van der Waals surface area contributed by atoms with Crippen LogP contribution in [0, 0.1) is 0 Å². The molecule has 0 spiro atoms. The zero-order chi connectivity index (χ0) is 8.97. The molecule has 5 nitrogen and oxygen atoms in total. The Morgan fingerprint density at radius 3 is 3.17 bits per heavy atom. The van der Waals surface area contributed by atoms with Crippen LogP contribution in [0.1, 0.15) is 5.69 Å². The maximum atomic E-state index is 10.9. The molecular formula is C7H11N3O2. The van der Waals surface area contributed by atoms with Crippen LogP contribution in [0.4, 0.5) is 0 Å². The van der Waals surface area contributed by atoms with Crippen LogP contribution in [0.25, 0.3) is 0 Å². The summed E-state index contributed by atoms with van der Waals surface area (Å²) in [7, 11) is 1.31. The van der Waals surface area contributed by atoms with Gasteiger partial charge in [-0.2, -0.15) is 5.10 Å². The molecule has 0 aromatic carbocycles. The zero-order valence-corrected chi connectivity index (χ0v) is 6.78. The molecule has 3 N–H and O–H groups in total. The number of nitrogens with zero attached hydrogens (tertiary/aromatic N) is 1. The lowest BCUT2D eigenvalue weighted by Crippen LogP contribution is -2.33. The van der Waals surface area contributed by atoms with E-state index in [9.17, 15) is 4.79 Å². The predicted molar refractivity (Wildman–Crippen MR) is 42.3 cm³/mol. The first-order chi connectivity index (χ1) is 5.74. The van der Waals surface area contributed by atoms with E-state index in [1.165, 1.54) is 7.11 Å². The van der Waals surface area contributed by atoms with Gasteiger partial charge in [0, 0.05) is 12.6 Å². The molecule has 1 heterocycles. The second kappa shape index (κ2) is 3.87. The van der Waals surface area contributed by atoms with E-state index in [0.717, 1.165) is 5.69 Å². The molecule has 0 fully saturated rings. The summed E-state index contributed by atoms with van der Waals surface area (Å²) in [6.07, 6.45) is 2.08. The Morgan fingerprint density at radius 2 is 2.67 bits per heavy atom. The van der Waals surface area contributed by atoms with Crippen molar-refractivity contribution in [3.8, 4) is 0 Å². The third kappa shape index (κ3) is 2.06. The summed E-state index contributed by atoms with van der Waals surface area (Å²) in [6.45, 7) is 0. The van der Waals surface area contributed by atoms with Crippen molar-refractivity contribution >= 4 is 5.97 Å². The highest BCUT2D eigenvalue weighted by molar-refractivity contribution is 5.75. The molecule has 0 radical (unpaired) electrons. The van der Waals surface area contributed by atoms with Crippen LogP contribution in [-0.4, -0.2) is 29.3 Å². The van der Waals surface area contributed by atoms with Gasteiger partial charge >= 0.3 is 5.97 Å². The molecule has 1 rings (SSSR count). The van der Waals surface area contributed by atoms with Crippen molar-refractivity contribution in [2.45, 2.75) is 12.5 Å². The van der Waals surface area contributed by atoms with E-state index in [0.29, 0.717) is 6.42 Å². The van der Waals surface area contributed by atoms with Gasteiger partial charge in [-0.1, -0.05) is 0 Å². The molecule has 0 saturated heterocycles. The number of H-pyrrole nitrogens is 1. The monoisotopic (exact) mass is 169 g/mol. The average molecular weight is 169 g/mol. The highest BCUT2D eigenvalue weighted by atomic mass is 16.5. The van der Waals surface area contributed by atoms with Crippen LogP contribution >= 0.6 is 0 Å². The third-order valence-corrected chi connectivity index (χ3v) is 1.49. The van der Waals surface area contributed by atoms with E-state index in [1.807, 2.05) is 0 Å². The van der Waals surface area contributed by atoms with Crippen molar-refractivity contribution in [1.82, 2.24) is 10.2 Å². The van der Waals surface area contributed by atoms with Crippen LogP contribution in [0.15, 0.2) is 12.3 Å². The van der Waals surface area contributed by atoms with Crippen LogP contribution < -0.4 is 5.73 Å². The molecule has 5 heteroatoms. The average Bonchev–Trinajstić information content (AvgIpc) is 2.55. The van der Waals surface area contributed by atoms with Crippen molar-refractivity contribution in [3.05, 3.63) is 18.0 Å². The Labute approximate surface area is 69.9 Å². The number of carbonyl (C=O) groups is 1. The van der Waals surface area contributed by atoms with Crippen molar-refractivity contribution in [3.63, 3.8) is 0 Å². The fourth-order valence-electron chi connectivity index (χ4n) is 0.865. The number of rotatable bonds is 3. The maximum absolute atomic E-state index is 10.9. The van der Waals surface area contributed by atoms with E-state index < -0.39 is 12.0 Å². The number of nitrogens with two attached hydrogens (primary N) is 1. The molecule has 0 saturated carbocycles. The second-order valence-electron chi connectivity index (χ2n) is 2.40.